The maximum absolute atomic E-state index is 13.7. The Morgan fingerprint density at radius 1 is 1.00 bits per heavy atom. The Balaban J connectivity index is 1.49. The van der Waals surface area contributed by atoms with E-state index in [1.165, 1.54) is 12.1 Å². The molecule has 2 aliphatic rings. The van der Waals surface area contributed by atoms with E-state index in [1.54, 1.807) is 0 Å². The molecule has 0 radical (unpaired) electrons. The number of hydrogen-bond donors (Lipinski definition) is 1. The van der Waals surface area contributed by atoms with Crippen LogP contribution in [0.2, 0.25) is 0 Å². The van der Waals surface area contributed by atoms with Gasteiger partial charge in [-0.2, -0.15) is 5.11 Å². The molecular weight excluding hydrogens is 391 g/mol. The lowest BCUT2D eigenvalue weighted by Gasteiger charge is -2.20. The summed E-state index contributed by atoms with van der Waals surface area (Å²) in [5.41, 5.74) is -0.207. The third kappa shape index (κ3) is 3.30. The molecule has 0 unspecified atom stereocenters. The first-order chi connectivity index (χ1) is 13.8. The molecule has 29 heavy (non-hydrogen) atoms. The van der Waals surface area contributed by atoms with Crippen LogP contribution in [0, 0.1) is 17.5 Å². The summed E-state index contributed by atoms with van der Waals surface area (Å²) < 4.78 is 40.0. The van der Waals surface area contributed by atoms with E-state index in [2.05, 4.69) is 15.7 Å². The lowest BCUT2D eigenvalue weighted by atomic mass is 10.1. The van der Waals surface area contributed by atoms with Crippen LogP contribution in [0.3, 0.4) is 0 Å². The zero-order valence-electron chi connectivity index (χ0n) is 14.6. The van der Waals surface area contributed by atoms with Crippen LogP contribution in [0.25, 0.3) is 0 Å². The van der Waals surface area contributed by atoms with Gasteiger partial charge in [-0.3, -0.25) is 19.4 Å². The molecule has 3 amide bonds. The van der Waals surface area contributed by atoms with E-state index in [1.807, 2.05) is 0 Å². The Hall–Kier alpha value is -3.76. The first-order valence-corrected chi connectivity index (χ1v) is 8.41. The number of anilines is 2. The van der Waals surface area contributed by atoms with Crippen molar-refractivity contribution in [3.63, 3.8) is 0 Å². The van der Waals surface area contributed by atoms with E-state index < -0.39 is 53.8 Å². The predicted octanol–water partition coefficient (Wildman–Crippen LogP) is 2.04. The van der Waals surface area contributed by atoms with Gasteiger partial charge in [-0.1, -0.05) is 5.22 Å². The minimum absolute atomic E-state index is 0.164. The number of benzene rings is 2. The number of carbonyl (C=O) groups excluding carboxylic acids is 3. The molecule has 2 aromatic carbocycles. The quantitative estimate of drug-likeness (QED) is 0.791. The van der Waals surface area contributed by atoms with Gasteiger partial charge in [0.05, 0.1) is 11.4 Å². The van der Waals surface area contributed by atoms with Crippen LogP contribution >= 0.6 is 0 Å². The van der Waals surface area contributed by atoms with Crippen LogP contribution in [-0.4, -0.2) is 41.4 Å². The van der Waals surface area contributed by atoms with Gasteiger partial charge < -0.3 is 5.32 Å². The van der Waals surface area contributed by atoms with E-state index in [9.17, 15) is 27.6 Å². The molecule has 0 spiro atoms. The maximum atomic E-state index is 13.7. The summed E-state index contributed by atoms with van der Waals surface area (Å²) in [6.07, 6.45) is 0. The van der Waals surface area contributed by atoms with Gasteiger partial charge in [0.2, 0.25) is 5.91 Å². The average molecular weight is 403 g/mol. The smallest absolute Gasteiger partial charge is 0.263 e. The van der Waals surface area contributed by atoms with Crippen molar-refractivity contribution in [2.45, 2.75) is 12.1 Å². The molecular formula is C18H12F3N5O3. The first-order valence-electron chi connectivity index (χ1n) is 8.41. The number of carbonyl (C=O) groups is 3. The number of imide groups is 1. The molecule has 0 aliphatic carbocycles. The van der Waals surface area contributed by atoms with Gasteiger partial charge in [0.25, 0.3) is 11.8 Å². The predicted molar refractivity (Wildman–Crippen MR) is 93.0 cm³/mol. The molecule has 1 fully saturated rings. The van der Waals surface area contributed by atoms with Crippen molar-refractivity contribution in [3.05, 3.63) is 59.9 Å². The van der Waals surface area contributed by atoms with Crippen LogP contribution in [0.5, 0.6) is 0 Å². The Morgan fingerprint density at radius 2 is 1.69 bits per heavy atom. The van der Waals surface area contributed by atoms with Gasteiger partial charge in [-0.05, 0) is 36.4 Å². The SMILES string of the molecule is O=C(CN1N=N[C@H]2C(=O)N(c3ccc(F)cc3)C(=O)[C@H]21)Nc1cc(F)ccc1F. The minimum Gasteiger partial charge on any atom is -0.322 e. The molecule has 11 heteroatoms. The van der Waals surface area contributed by atoms with Crippen LogP contribution in [0.1, 0.15) is 0 Å². The van der Waals surface area contributed by atoms with E-state index >= 15 is 0 Å². The highest BCUT2D eigenvalue weighted by Crippen LogP contribution is 2.31. The number of halogens is 3. The zero-order valence-corrected chi connectivity index (χ0v) is 14.6. The van der Waals surface area contributed by atoms with Gasteiger partial charge in [-0.25, -0.2) is 18.1 Å². The van der Waals surface area contributed by atoms with Crippen molar-refractivity contribution in [3.8, 4) is 0 Å². The number of amides is 3. The van der Waals surface area contributed by atoms with Gasteiger partial charge in [-0.15, -0.1) is 0 Å². The summed E-state index contributed by atoms with van der Waals surface area (Å²) in [6.45, 7) is -0.517. The standard InChI is InChI=1S/C18H12F3N5O3/c19-9-1-4-11(5-2-9)26-17(28)15-16(18(26)29)25(24-23-15)8-14(27)22-13-7-10(20)3-6-12(13)21/h1-7,15-16H,8H2,(H,22,27)/t15-,16+/m1/s1. The Labute approximate surface area is 161 Å². The van der Waals surface area contributed by atoms with Crippen LogP contribution < -0.4 is 10.2 Å². The maximum Gasteiger partial charge on any atom is 0.263 e. The van der Waals surface area contributed by atoms with Crippen molar-refractivity contribution < 1.29 is 27.6 Å². The summed E-state index contributed by atoms with van der Waals surface area (Å²) in [6, 6.07) is 5.01. The largest absolute Gasteiger partial charge is 0.322 e. The number of nitrogens with one attached hydrogen (secondary N) is 1. The number of hydrogen-bond acceptors (Lipinski definition) is 6. The highest BCUT2D eigenvalue weighted by atomic mass is 19.1. The monoisotopic (exact) mass is 403 g/mol. The second-order valence-corrected chi connectivity index (χ2v) is 6.35. The van der Waals surface area contributed by atoms with Gasteiger partial charge in [0.15, 0.2) is 12.1 Å². The van der Waals surface area contributed by atoms with E-state index in [0.29, 0.717) is 0 Å². The molecule has 4 rings (SSSR count). The topological polar surface area (TPSA) is 94.4 Å². The summed E-state index contributed by atoms with van der Waals surface area (Å²) in [7, 11) is 0. The van der Waals surface area contributed by atoms with Crippen molar-refractivity contribution in [1.29, 1.82) is 0 Å². The first kappa shape index (κ1) is 18.6. The molecule has 0 aromatic heterocycles. The number of nitrogens with zero attached hydrogens (tertiary/aromatic N) is 4. The van der Waals surface area contributed by atoms with Crippen molar-refractivity contribution in [2.75, 3.05) is 16.8 Å². The second-order valence-electron chi connectivity index (χ2n) is 6.35. The molecule has 0 bridgehead atoms. The van der Waals surface area contributed by atoms with Gasteiger partial charge >= 0.3 is 0 Å². The highest BCUT2D eigenvalue weighted by Gasteiger charge is 2.55. The molecule has 148 valence electrons. The summed E-state index contributed by atoms with van der Waals surface area (Å²) in [4.78, 5) is 38.3. The number of fused-ring (bicyclic) bond motifs is 1. The normalized spacial score (nSPS) is 20.4. The fourth-order valence-corrected chi connectivity index (χ4v) is 3.13. The Bertz CT molecular complexity index is 1040. The van der Waals surface area contributed by atoms with Gasteiger partial charge in [0.1, 0.15) is 24.0 Å². The Kier molecular flexibility index (Phi) is 4.49. The zero-order chi connectivity index (χ0) is 20.7. The fourth-order valence-electron chi connectivity index (χ4n) is 3.13. The minimum atomic E-state index is -1.16. The van der Waals surface area contributed by atoms with Crippen molar-refractivity contribution in [1.82, 2.24) is 5.01 Å². The third-order valence-electron chi connectivity index (χ3n) is 4.45. The van der Waals surface area contributed by atoms with Crippen LogP contribution in [-0.2, 0) is 14.4 Å². The summed E-state index contributed by atoms with van der Waals surface area (Å²) in [5, 5.41) is 10.6. The van der Waals surface area contributed by atoms with E-state index in [4.69, 9.17) is 0 Å². The molecule has 1 N–H and O–H groups in total. The number of rotatable bonds is 4. The Morgan fingerprint density at radius 3 is 2.41 bits per heavy atom. The molecule has 2 aromatic rings. The van der Waals surface area contributed by atoms with E-state index in [0.717, 1.165) is 40.2 Å². The fraction of sp³-hybridized carbons (Fsp3) is 0.167. The van der Waals surface area contributed by atoms with Gasteiger partial charge in [0, 0.05) is 6.07 Å². The van der Waals surface area contributed by atoms with Crippen molar-refractivity contribution in [2.24, 2.45) is 10.3 Å². The molecule has 2 heterocycles. The molecule has 2 atom stereocenters. The molecule has 2 aliphatic heterocycles. The lowest BCUT2D eigenvalue weighted by Crippen LogP contribution is -2.43. The molecule has 8 nitrogen and oxygen atoms in total. The van der Waals surface area contributed by atoms with Crippen LogP contribution in [0.4, 0.5) is 24.5 Å². The third-order valence-corrected chi connectivity index (χ3v) is 4.45. The lowest BCUT2D eigenvalue weighted by molar-refractivity contribution is -0.123. The highest BCUT2D eigenvalue weighted by molar-refractivity contribution is 6.25. The molecule has 0 saturated carbocycles. The van der Waals surface area contributed by atoms with Crippen molar-refractivity contribution >= 4 is 29.1 Å². The second kappa shape index (κ2) is 7.00. The van der Waals surface area contributed by atoms with Crippen LogP contribution in [0.15, 0.2) is 52.8 Å². The van der Waals surface area contributed by atoms with E-state index in [-0.39, 0.29) is 11.4 Å². The molecule has 1 saturated heterocycles. The average Bonchev–Trinajstić information content (AvgIpc) is 3.19. The summed E-state index contributed by atoms with van der Waals surface area (Å²) in [5.74, 6) is -4.23. The summed E-state index contributed by atoms with van der Waals surface area (Å²) >= 11 is 0.